The first-order valence-electron chi connectivity index (χ1n) is 7.54. The first-order valence-corrected chi connectivity index (χ1v) is 7.54. The molecule has 24 heavy (non-hydrogen) atoms. The van der Waals surface area contributed by atoms with Crippen molar-refractivity contribution in [1.29, 1.82) is 0 Å². The van der Waals surface area contributed by atoms with Gasteiger partial charge in [0.15, 0.2) is 17.7 Å². The maximum absolute atomic E-state index is 12.1. The highest BCUT2D eigenvalue weighted by molar-refractivity contribution is 5.83. The predicted octanol–water partition coefficient (Wildman–Crippen LogP) is 2.70. The fraction of sp³-hybridized carbons (Fsp3) is 0.529. The van der Waals surface area contributed by atoms with Crippen LogP contribution < -0.4 is 4.90 Å². The second-order valence-electron chi connectivity index (χ2n) is 7.16. The summed E-state index contributed by atoms with van der Waals surface area (Å²) in [6.45, 7) is 9.56. The van der Waals surface area contributed by atoms with Crippen LogP contribution in [0, 0.1) is 5.41 Å². The molecule has 0 fully saturated rings. The Balaban J connectivity index is 3.31. The third kappa shape index (κ3) is 4.10. The van der Waals surface area contributed by atoms with E-state index in [2.05, 4.69) is 0 Å². The van der Waals surface area contributed by atoms with Crippen LogP contribution in [0.5, 0.6) is 11.5 Å². The number of benzene rings is 1. The standard InChI is InChI=1S/C17H25NO6/c1-10(24-15(23)16(2,3)4)18(17(5,6)14(21)22)11-7-8-12(19)13(20)9-11/h7-10,19-20H,1-6H3,(H,21,22)/t10-/m1/s1. The topological polar surface area (TPSA) is 107 Å². The fourth-order valence-corrected chi connectivity index (χ4v) is 2.14. The van der Waals surface area contributed by atoms with Gasteiger partial charge >= 0.3 is 11.9 Å². The number of hydrogen-bond donors (Lipinski definition) is 3. The summed E-state index contributed by atoms with van der Waals surface area (Å²) in [5.41, 5.74) is -1.88. The zero-order chi connectivity index (χ0) is 18.9. The number of carboxylic acids is 1. The minimum atomic E-state index is -1.43. The SMILES string of the molecule is C[C@@H](OC(=O)C(C)(C)C)N(c1ccc(O)c(O)c1)C(C)(C)C(=O)O. The molecule has 0 unspecified atom stereocenters. The molecule has 7 nitrogen and oxygen atoms in total. The Bertz CT molecular complexity index is 632. The minimum absolute atomic E-state index is 0.298. The average molecular weight is 339 g/mol. The quantitative estimate of drug-likeness (QED) is 0.430. The molecule has 0 aliphatic heterocycles. The lowest BCUT2D eigenvalue weighted by molar-refractivity contribution is -0.160. The molecule has 0 radical (unpaired) electrons. The Labute approximate surface area is 141 Å². The van der Waals surface area contributed by atoms with Crippen molar-refractivity contribution in [3.05, 3.63) is 18.2 Å². The third-order valence-electron chi connectivity index (χ3n) is 3.62. The Morgan fingerprint density at radius 2 is 1.62 bits per heavy atom. The number of carboxylic acid groups (broad SMARTS) is 1. The van der Waals surface area contributed by atoms with Crippen LogP contribution in [0.25, 0.3) is 0 Å². The van der Waals surface area contributed by atoms with Gasteiger partial charge in [0.05, 0.1) is 5.41 Å². The van der Waals surface area contributed by atoms with Crippen molar-refractivity contribution in [1.82, 2.24) is 0 Å². The Morgan fingerprint density at radius 1 is 1.08 bits per heavy atom. The van der Waals surface area contributed by atoms with Crippen molar-refractivity contribution in [3.63, 3.8) is 0 Å². The molecule has 3 N–H and O–H groups in total. The monoisotopic (exact) mass is 339 g/mol. The zero-order valence-corrected chi connectivity index (χ0v) is 14.8. The number of aliphatic carboxylic acids is 1. The molecule has 0 aromatic heterocycles. The molecule has 0 heterocycles. The van der Waals surface area contributed by atoms with Crippen LogP contribution in [-0.2, 0) is 14.3 Å². The number of hydrogen-bond acceptors (Lipinski definition) is 6. The summed E-state index contributed by atoms with van der Waals surface area (Å²) in [5.74, 6) is -2.34. The molecule has 0 spiro atoms. The van der Waals surface area contributed by atoms with Gasteiger partial charge in [-0.3, -0.25) is 4.79 Å². The molecule has 1 aromatic rings. The van der Waals surface area contributed by atoms with Crippen LogP contribution in [0.1, 0.15) is 41.5 Å². The van der Waals surface area contributed by atoms with E-state index in [1.807, 2.05) is 0 Å². The van der Waals surface area contributed by atoms with Crippen LogP contribution in [0.4, 0.5) is 5.69 Å². The van der Waals surface area contributed by atoms with E-state index in [-0.39, 0.29) is 5.75 Å². The predicted molar refractivity (Wildman–Crippen MR) is 89.0 cm³/mol. The van der Waals surface area contributed by atoms with Crippen molar-refractivity contribution in [3.8, 4) is 11.5 Å². The summed E-state index contributed by atoms with van der Waals surface area (Å²) in [6.07, 6.45) is -0.910. The van der Waals surface area contributed by atoms with Gasteiger partial charge in [0.2, 0.25) is 0 Å². The second kappa shape index (κ2) is 6.59. The summed E-state index contributed by atoms with van der Waals surface area (Å²) in [6, 6.07) is 3.91. The first-order chi connectivity index (χ1) is 10.8. The number of phenolic OH excluding ortho intramolecular Hbond substituents is 2. The highest BCUT2D eigenvalue weighted by Crippen LogP contribution is 2.34. The summed E-state index contributed by atoms with van der Waals surface area (Å²) >= 11 is 0. The highest BCUT2D eigenvalue weighted by Gasteiger charge is 2.40. The maximum atomic E-state index is 12.1. The number of ether oxygens (including phenoxy) is 1. The van der Waals surface area contributed by atoms with Crippen LogP contribution in [-0.4, -0.2) is 39.0 Å². The Kier molecular flexibility index (Phi) is 5.38. The van der Waals surface area contributed by atoms with Crippen LogP contribution in [0.2, 0.25) is 0 Å². The number of rotatable bonds is 5. The number of phenols is 2. The van der Waals surface area contributed by atoms with Crippen molar-refractivity contribution < 1.29 is 29.6 Å². The number of esters is 1. The number of carbonyl (C=O) groups excluding carboxylic acids is 1. The Morgan fingerprint density at radius 3 is 2.04 bits per heavy atom. The van der Waals surface area contributed by atoms with Gasteiger partial charge in [0, 0.05) is 11.8 Å². The van der Waals surface area contributed by atoms with E-state index in [0.29, 0.717) is 5.69 Å². The molecule has 1 aromatic carbocycles. The van der Waals surface area contributed by atoms with Crippen LogP contribution in [0.3, 0.4) is 0 Å². The number of nitrogens with zero attached hydrogens (tertiary/aromatic N) is 1. The maximum Gasteiger partial charge on any atom is 0.329 e. The highest BCUT2D eigenvalue weighted by atomic mass is 16.6. The van der Waals surface area contributed by atoms with E-state index < -0.39 is 34.9 Å². The minimum Gasteiger partial charge on any atom is -0.504 e. The van der Waals surface area contributed by atoms with Crippen molar-refractivity contribution in [2.75, 3.05) is 4.90 Å². The van der Waals surface area contributed by atoms with E-state index in [1.54, 1.807) is 27.7 Å². The molecule has 0 saturated carbocycles. The van der Waals surface area contributed by atoms with Gasteiger partial charge in [-0.15, -0.1) is 0 Å². The molecule has 0 bridgehead atoms. The van der Waals surface area contributed by atoms with Gasteiger partial charge in [-0.2, -0.15) is 0 Å². The molecule has 134 valence electrons. The lowest BCUT2D eigenvalue weighted by Gasteiger charge is -2.41. The molecular formula is C17H25NO6. The fourth-order valence-electron chi connectivity index (χ4n) is 2.14. The van der Waals surface area contributed by atoms with E-state index in [9.17, 15) is 24.9 Å². The van der Waals surface area contributed by atoms with E-state index in [1.165, 1.54) is 36.9 Å². The molecule has 1 atom stereocenters. The lowest BCUT2D eigenvalue weighted by atomic mass is 9.97. The smallest absolute Gasteiger partial charge is 0.329 e. The number of carbonyl (C=O) groups is 2. The average Bonchev–Trinajstić information content (AvgIpc) is 2.41. The third-order valence-corrected chi connectivity index (χ3v) is 3.62. The molecule has 0 saturated heterocycles. The molecule has 0 amide bonds. The molecular weight excluding hydrogens is 314 g/mol. The Hall–Kier alpha value is -2.44. The summed E-state index contributed by atoms with van der Waals surface area (Å²) in [4.78, 5) is 25.2. The normalized spacial score (nSPS) is 13.2. The van der Waals surface area contributed by atoms with Crippen molar-refractivity contribution in [2.45, 2.75) is 53.3 Å². The van der Waals surface area contributed by atoms with Gasteiger partial charge in [-0.25, -0.2) is 4.79 Å². The van der Waals surface area contributed by atoms with Gasteiger partial charge in [-0.1, -0.05) is 0 Å². The van der Waals surface area contributed by atoms with Gasteiger partial charge in [-0.05, 0) is 53.7 Å². The molecule has 1 rings (SSSR count). The lowest BCUT2D eigenvalue weighted by Crippen LogP contribution is -2.56. The van der Waals surface area contributed by atoms with Gasteiger partial charge in [0.1, 0.15) is 5.54 Å². The number of anilines is 1. The van der Waals surface area contributed by atoms with Gasteiger partial charge < -0.3 is 25.0 Å². The summed E-state index contributed by atoms with van der Waals surface area (Å²) < 4.78 is 5.42. The number of aromatic hydroxyl groups is 2. The van der Waals surface area contributed by atoms with E-state index in [0.717, 1.165) is 0 Å². The summed E-state index contributed by atoms with van der Waals surface area (Å²) in [7, 11) is 0. The second-order valence-corrected chi connectivity index (χ2v) is 7.16. The van der Waals surface area contributed by atoms with Gasteiger partial charge in [0.25, 0.3) is 0 Å². The van der Waals surface area contributed by atoms with Crippen LogP contribution in [0.15, 0.2) is 18.2 Å². The molecule has 7 heteroatoms. The van der Waals surface area contributed by atoms with Crippen LogP contribution >= 0.6 is 0 Å². The zero-order valence-electron chi connectivity index (χ0n) is 14.8. The summed E-state index contributed by atoms with van der Waals surface area (Å²) in [5, 5.41) is 28.7. The van der Waals surface area contributed by atoms with E-state index in [4.69, 9.17) is 4.74 Å². The molecule has 0 aliphatic rings. The largest absolute Gasteiger partial charge is 0.504 e. The van der Waals surface area contributed by atoms with E-state index >= 15 is 0 Å². The first kappa shape index (κ1) is 19.6. The van der Waals surface area contributed by atoms with Crippen molar-refractivity contribution >= 4 is 17.6 Å². The molecule has 0 aliphatic carbocycles. The van der Waals surface area contributed by atoms with Crippen molar-refractivity contribution in [2.24, 2.45) is 5.41 Å².